The Balaban J connectivity index is 0.00000338. The van der Waals surface area contributed by atoms with Gasteiger partial charge in [-0.1, -0.05) is 26.0 Å². The lowest BCUT2D eigenvalue weighted by atomic mass is 9.84. The van der Waals surface area contributed by atoms with Crippen molar-refractivity contribution >= 4 is 29.9 Å². The van der Waals surface area contributed by atoms with Crippen LogP contribution in [0.4, 0.5) is 0 Å². The first kappa shape index (κ1) is 22.3. The molecule has 0 amide bonds. The van der Waals surface area contributed by atoms with E-state index in [1.165, 1.54) is 5.56 Å². The highest BCUT2D eigenvalue weighted by atomic mass is 127. The van der Waals surface area contributed by atoms with E-state index in [4.69, 9.17) is 9.15 Å². The van der Waals surface area contributed by atoms with Crippen LogP contribution in [0, 0.1) is 6.92 Å². The summed E-state index contributed by atoms with van der Waals surface area (Å²) in [6, 6.07) is 12.2. The molecule has 0 saturated heterocycles. The number of rotatable bonds is 6. The van der Waals surface area contributed by atoms with Crippen LogP contribution in [0.1, 0.15) is 43.9 Å². The van der Waals surface area contributed by atoms with Crippen molar-refractivity contribution in [2.45, 2.75) is 39.2 Å². The minimum atomic E-state index is -0.0727. The summed E-state index contributed by atoms with van der Waals surface area (Å²) in [5.41, 5.74) is 1.14. The number of benzene rings is 1. The number of aliphatic imine (C=N–C) groups is 1. The second kappa shape index (κ2) is 9.85. The topological polar surface area (TPSA) is 58.8 Å². The summed E-state index contributed by atoms with van der Waals surface area (Å²) in [5.74, 6) is 3.42. The molecule has 0 fully saturated rings. The average molecular weight is 471 g/mol. The summed E-state index contributed by atoms with van der Waals surface area (Å²) in [6.07, 6.45) is 0. The summed E-state index contributed by atoms with van der Waals surface area (Å²) in [4.78, 5) is 4.32. The standard InChI is InChI=1S/C20H29N3O2.HI/c1-14-10-11-18(25-14)15(2)23-19(21-5)22-13-20(3,4)16-8-7-9-17(12-16)24-6;/h7-12,15H,13H2,1-6H3,(H2,21,22,23);1H. The van der Waals surface area contributed by atoms with Gasteiger partial charge in [0.1, 0.15) is 17.3 Å². The monoisotopic (exact) mass is 471 g/mol. The number of halogens is 1. The quantitative estimate of drug-likeness (QED) is 0.372. The Morgan fingerprint density at radius 3 is 2.58 bits per heavy atom. The van der Waals surface area contributed by atoms with Gasteiger partial charge in [0, 0.05) is 19.0 Å². The van der Waals surface area contributed by atoms with Crippen molar-refractivity contribution in [2.75, 3.05) is 20.7 Å². The third-order valence-electron chi connectivity index (χ3n) is 4.31. The number of aryl methyl sites for hydroxylation is 1. The molecule has 0 spiro atoms. The highest BCUT2D eigenvalue weighted by Crippen LogP contribution is 2.25. The molecule has 0 aliphatic rings. The number of nitrogens with zero attached hydrogens (tertiary/aromatic N) is 1. The minimum absolute atomic E-state index is 0. The maximum Gasteiger partial charge on any atom is 0.191 e. The number of guanidine groups is 1. The Morgan fingerprint density at radius 1 is 1.27 bits per heavy atom. The average Bonchev–Trinajstić information content (AvgIpc) is 3.05. The minimum Gasteiger partial charge on any atom is -0.497 e. The molecular formula is C20H30IN3O2. The van der Waals surface area contributed by atoms with E-state index in [2.05, 4.69) is 48.5 Å². The lowest BCUT2D eigenvalue weighted by Gasteiger charge is -2.27. The molecular weight excluding hydrogens is 441 g/mol. The highest BCUT2D eigenvalue weighted by molar-refractivity contribution is 14.0. The van der Waals surface area contributed by atoms with Crippen LogP contribution in [0.3, 0.4) is 0 Å². The summed E-state index contributed by atoms with van der Waals surface area (Å²) < 4.78 is 11.0. The van der Waals surface area contributed by atoms with Gasteiger partial charge in [-0.3, -0.25) is 4.99 Å². The zero-order valence-corrected chi connectivity index (χ0v) is 18.8. The van der Waals surface area contributed by atoms with E-state index < -0.39 is 0 Å². The molecule has 0 radical (unpaired) electrons. The normalized spacial score (nSPS) is 12.9. The van der Waals surface area contributed by atoms with Gasteiger partial charge < -0.3 is 19.8 Å². The molecule has 0 saturated carbocycles. The molecule has 5 nitrogen and oxygen atoms in total. The molecule has 1 atom stereocenters. The van der Waals surface area contributed by atoms with Crippen molar-refractivity contribution in [1.82, 2.24) is 10.6 Å². The van der Waals surface area contributed by atoms with Crippen LogP contribution in [0.5, 0.6) is 5.75 Å². The van der Waals surface area contributed by atoms with Gasteiger partial charge in [-0.2, -0.15) is 0 Å². The lowest BCUT2D eigenvalue weighted by Crippen LogP contribution is -2.44. The van der Waals surface area contributed by atoms with E-state index in [0.29, 0.717) is 0 Å². The van der Waals surface area contributed by atoms with Crippen LogP contribution < -0.4 is 15.4 Å². The third-order valence-corrected chi connectivity index (χ3v) is 4.31. The smallest absolute Gasteiger partial charge is 0.191 e. The second-order valence-electron chi connectivity index (χ2n) is 6.86. The largest absolute Gasteiger partial charge is 0.497 e. The van der Waals surface area contributed by atoms with Crippen LogP contribution in [-0.2, 0) is 5.41 Å². The van der Waals surface area contributed by atoms with E-state index in [1.807, 2.05) is 31.2 Å². The fourth-order valence-corrected chi connectivity index (χ4v) is 2.61. The van der Waals surface area contributed by atoms with Gasteiger partial charge in [0.05, 0.1) is 13.2 Å². The molecule has 2 N–H and O–H groups in total. The van der Waals surface area contributed by atoms with Gasteiger partial charge in [-0.05, 0) is 43.7 Å². The van der Waals surface area contributed by atoms with Crippen LogP contribution >= 0.6 is 24.0 Å². The number of methoxy groups -OCH3 is 1. The van der Waals surface area contributed by atoms with Crippen molar-refractivity contribution in [3.63, 3.8) is 0 Å². The maximum absolute atomic E-state index is 5.67. The van der Waals surface area contributed by atoms with Crippen LogP contribution in [-0.4, -0.2) is 26.7 Å². The fourth-order valence-electron chi connectivity index (χ4n) is 2.61. The number of hydrogen-bond donors (Lipinski definition) is 2. The molecule has 1 heterocycles. The van der Waals surface area contributed by atoms with Gasteiger partial charge in [-0.15, -0.1) is 24.0 Å². The summed E-state index contributed by atoms with van der Waals surface area (Å²) in [7, 11) is 3.46. The zero-order valence-electron chi connectivity index (χ0n) is 16.4. The van der Waals surface area contributed by atoms with Crippen molar-refractivity contribution < 1.29 is 9.15 Å². The maximum atomic E-state index is 5.67. The Labute approximate surface area is 173 Å². The first-order valence-corrected chi connectivity index (χ1v) is 8.54. The fraction of sp³-hybridized carbons (Fsp3) is 0.450. The Hall–Kier alpha value is -1.70. The molecule has 6 heteroatoms. The molecule has 2 rings (SSSR count). The van der Waals surface area contributed by atoms with Crippen LogP contribution in [0.15, 0.2) is 45.8 Å². The molecule has 0 bridgehead atoms. The number of furan rings is 1. The molecule has 1 aromatic heterocycles. The molecule has 1 aromatic carbocycles. The van der Waals surface area contributed by atoms with Gasteiger partial charge in [0.15, 0.2) is 5.96 Å². The van der Waals surface area contributed by atoms with Gasteiger partial charge in [0.25, 0.3) is 0 Å². The molecule has 0 aliphatic carbocycles. The Bertz CT molecular complexity index is 725. The Kier molecular flexibility index (Phi) is 8.46. The predicted octanol–water partition coefficient (Wildman–Crippen LogP) is 4.42. The van der Waals surface area contributed by atoms with Crippen molar-refractivity contribution in [3.8, 4) is 5.75 Å². The van der Waals surface area contributed by atoms with E-state index in [9.17, 15) is 0 Å². The predicted molar refractivity (Wildman–Crippen MR) is 118 cm³/mol. The lowest BCUT2D eigenvalue weighted by molar-refractivity contribution is 0.411. The highest BCUT2D eigenvalue weighted by Gasteiger charge is 2.22. The zero-order chi connectivity index (χ0) is 18.4. The van der Waals surface area contributed by atoms with E-state index in [1.54, 1.807) is 14.2 Å². The Morgan fingerprint density at radius 2 is 2.00 bits per heavy atom. The van der Waals surface area contributed by atoms with Gasteiger partial charge in [0.2, 0.25) is 0 Å². The summed E-state index contributed by atoms with van der Waals surface area (Å²) in [5, 5.41) is 6.77. The third kappa shape index (κ3) is 5.93. The SMILES string of the molecule is CN=C(NCC(C)(C)c1cccc(OC)c1)NC(C)c1ccc(C)o1.I. The van der Waals surface area contributed by atoms with Gasteiger partial charge >= 0.3 is 0 Å². The molecule has 2 aromatic rings. The first-order chi connectivity index (χ1) is 11.9. The van der Waals surface area contributed by atoms with E-state index in [-0.39, 0.29) is 35.4 Å². The second-order valence-corrected chi connectivity index (χ2v) is 6.86. The van der Waals surface area contributed by atoms with E-state index >= 15 is 0 Å². The van der Waals surface area contributed by atoms with Crippen LogP contribution in [0.25, 0.3) is 0 Å². The van der Waals surface area contributed by atoms with Crippen molar-refractivity contribution in [1.29, 1.82) is 0 Å². The number of ether oxygens (including phenoxy) is 1. The molecule has 26 heavy (non-hydrogen) atoms. The summed E-state index contributed by atoms with van der Waals surface area (Å²) >= 11 is 0. The van der Waals surface area contributed by atoms with Crippen LogP contribution in [0.2, 0.25) is 0 Å². The van der Waals surface area contributed by atoms with Crippen molar-refractivity contribution in [3.05, 3.63) is 53.5 Å². The molecule has 0 aliphatic heterocycles. The molecule has 1 unspecified atom stereocenters. The van der Waals surface area contributed by atoms with E-state index in [0.717, 1.165) is 29.8 Å². The van der Waals surface area contributed by atoms with Crippen molar-refractivity contribution in [2.24, 2.45) is 4.99 Å². The molecule has 144 valence electrons. The summed E-state index contributed by atoms with van der Waals surface area (Å²) in [6.45, 7) is 9.13. The number of nitrogens with one attached hydrogen (secondary N) is 2. The first-order valence-electron chi connectivity index (χ1n) is 8.54. The van der Waals surface area contributed by atoms with Gasteiger partial charge in [-0.25, -0.2) is 0 Å². The number of hydrogen-bond acceptors (Lipinski definition) is 3.